The number of nitrogens with zero attached hydrogens (tertiary/aromatic N) is 1. The number of nitrogens with one attached hydrogen (secondary N) is 1. The number of rotatable bonds is 6. The summed E-state index contributed by atoms with van der Waals surface area (Å²) < 4.78 is 5.74. The van der Waals surface area contributed by atoms with Crippen molar-refractivity contribution in [1.29, 1.82) is 0 Å². The minimum Gasteiger partial charge on any atom is -0.380 e. The number of ether oxygens (including phenoxy) is 1. The first-order chi connectivity index (χ1) is 9.27. The lowest BCUT2D eigenvalue weighted by atomic mass is 10.1. The minimum absolute atomic E-state index is 0.725. The van der Waals surface area contributed by atoms with Gasteiger partial charge in [-0.05, 0) is 24.0 Å². The van der Waals surface area contributed by atoms with E-state index < -0.39 is 0 Å². The topological polar surface area (TPSA) is 24.5 Å². The maximum absolute atomic E-state index is 5.74. The van der Waals surface area contributed by atoms with Gasteiger partial charge in [0, 0.05) is 38.5 Å². The van der Waals surface area contributed by atoms with E-state index in [9.17, 15) is 0 Å². The molecular weight excluding hydrogens is 236 g/mol. The van der Waals surface area contributed by atoms with Crippen molar-refractivity contribution in [2.75, 3.05) is 37.7 Å². The summed E-state index contributed by atoms with van der Waals surface area (Å²) in [6.45, 7) is 10.2. The van der Waals surface area contributed by atoms with Gasteiger partial charge in [0.15, 0.2) is 0 Å². The van der Waals surface area contributed by atoms with E-state index in [1.54, 1.807) is 0 Å². The molecule has 0 saturated heterocycles. The van der Waals surface area contributed by atoms with E-state index in [1.807, 2.05) is 0 Å². The van der Waals surface area contributed by atoms with Crippen LogP contribution in [0.4, 0.5) is 5.69 Å². The van der Waals surface area contributed by atoms with Gasteiger partial charge in [-0.25, -0.2) is 0 Å². The molecule has 2 rings (SSSR count). The van der Waals surface area contributed by atoms with Gasteiger partial charge >= 0.3 is 0 Å². The molecule has 1 aliphatic rings. The fourth-order valence-electron chi connectivity index (χ4n) is 2.35. The molecule has 1 aliphatic heterocycles. The summed E-state index contributed by atoms with van der Waals surface area (Å²) in [5.41, 5.74) is 2.75. The molecule has 0 aromatic heterocycles. The molecule has 0 amide bonds. The van der Waals surface area contributed by atoms with Gasteiger partial charge in [-0.2, -0.15) is 0 Å². The van der Waals surface area contributed by atoms with Crippen molar-refractivity contribution in [3.63, 3.8) is 0 Å². The molecule has 1 N–H and O–H groups in total. The standard InChI is InChI=1S/C16H26N2O/c1-14(2)7-11-19-12-10-18-9-8-17-13-15-5-3-4-6-16(15)18/h3-6,14,17H,7-13H2,1-2H3. The van der Waals surface area contributed by atoms with Gasteiger partial charge in [-0.3, -0.25) is 0 Å². The Morgan fingerprint density at radius 2 is 2.11 bits per heavy atom. The smallest absolute Gasteiger partial charge is 0.0641 e. The van der Waals surface area contributed by atoms with Crippen LogP contribution >= 0.6 is 0 Å². The molecule has 0 spiro atoms. The van der Waals surface area contributed by atoms with Crippen LogP contribution in [0.5, 0.6) is 0 Å². The second kappa shape index (κ2) is 7.51. The fraction of sp³-hybridized carbons (Fsp3) is 0.625. The fourth-order valence-corrected chi connectivity index (χ4v) is 2.35. The molecule has 0 radical (unpaired) electrons. The Morgan fingerprint density at radius 1 is 1.26 bits per heavy atom. The van der Waals surface area contributed by atoms with E-state index in [4.69, 9.17) is 4.74 Å². The predicted molar refractivity (Wildman–Crippen MR) is 80.6 cm³/mol. The molecule has 0 bridgehead atoms. The molecule has 3 nitrogen and oxygen atoms in total. The Morgan fingerprint density at radius 3 is 2.95 bits per heavy atom. The highest BCUT2D eigenvalue weighted by Gasteiger charge is 2.13. The highest BCUT2D eigenvalue weighted by atomic mass is 16.5. The number of hydrogen-bond donors (Lipinski definition) is 1. The van der Waals surface area contributed by atoms with Crippen molar-refractivity contribution >= 4 is 5.69 Å². The maximum Gasteiger partial charge on any atom is 0.0641 e. The minimum atomic E-state index is 0.725. The van der Waals surface area contributed by atoms with E-state index in [1.165, 1.54) is 11.3 Å². The third-order valence-electron chi connectivity index (χ3n) is 3.55. The molecular formula is C16H26N2O. The molecule has 19 heavy (non-hydrogen) atoms. The van der Waals surface area contributed by atoms with Gasteiger partial charge in [-0.15, -0.1) is 0 Å². The zero-order chi connectivity index (χ0) is 13.5. The van der Waals surface area contributed by atoms with Gasteiger partial charge in [-0.1, -0.05) is 32.0 Å². The number of hydrogen-bond acceptors (Lipinski definition) is 3. The Balaban J connectivity index is 1.83. The van der Waals surface area contributed by atoms with Crippen molar-refractivity contribution in [3.05, 3.63) is 29.8 Å². The number of anilines is 1. The van der Waals surface area contributed by atoms with Gasteiger partial charge in [0.25, 0.3) is 0 Å². The first-order valence-corrected chi connectivity index (χ1v) is 7.38. The molecule has 0 saturated carbocycles. The van der Waals surface area contributed by atoms with Crippen LogP contribution in [0.15, 0.2) is 24.3 Å². The molecule has 0 unspecified atom stereocenters. The largest absolute Gasteiger partial charge is 0.380 e. The van der Waals surface area contributed by atoms with E-state index >= 15 is 0 Å². The van der Waals surface area contributed by atoms with E-state index in [-0.39, 0.29) is 0 Å². The lowest BCUT2D eigenvalue weighted by molar-refractivity contribution is 0.129. The van der Waals surface area contributed by atoms with Crippen molar-refractivity contribution in [2.24, 2.45) is 5.92 Å². The zero-order valence-electron chi connectivity index (χ0n) is 12.2. The van der Waals surface area contributed by atoms with Gasteiger partial charge in [0.1, 0.15) is 0 Å². The van der Waals surface area contributed by atoms with Crippen molar-refractivity contribution in [2.45, 2.75) is 26.8 Å². The van der Waals surface area contributed by atoms with Crippen LogP contribution in [0, 0.1) is 5.92 Å². The van der Waals surface area contributed by atoms with Crippen LogP contribution in [0.1, 0.15) is 25.8 Å². The molecule has 0 fully saturated rings. The Labute approximate surface area is 116 Å². The van der Waals surface area contributed by atoms with Crippen LogP contribution in [0.3, 0.4) is 0 Å². The number of fused-ring (bicyclic) bond motifs is 1. The quantitative estimate of drug-likeness (QED) is 0.798. The summed E-state index contributed by atoms with van der Waals surface area (Å²) >= 11 is 0. The van der Waals surface area contributed by atoms with Gasteiger partial charge in [0.05, 0.1) is 6.61 Å². The Kier molecular flexibility index (Phi) is 5.67. The highest BCUT2D eigenvalue weighted by molar-refractivity contribution is 5.54. The third kappa shape index (κ3) is 4.51. The summed E-state index contributed by atoms with van der Waals surface area (Å²) in [5, 5.41) is 3.47. The Bertz CT molecular complexity index is 379. The second-order valence-corrected chi connectivity index (χ2v) is 5.59. The van der Waals surface area contributed by atoms with Crippen molar-refractivity contribution in [3.8, 4) is 0 Å². The third-order valence-corrected chi connectivity index (χ3v) is 3.55. The van der Waals surface area contributed by atoms with Crippen LogP contribution in [0.25, 0.3) is 0 Å². The van der Waals surface area contributed by atoms with E-state index in [0.29, 0.717) is 0 Å². The normalized spacial score (nSPS) is 15.4. The first-order valence-electron chi connectivity index (χ1n) is 7.38. The van der Waals surface area contributed by atoms with Crippen LogP contribution in [0.2, 0.25) is 0 Å². The average Bonchev–Trinajstić information content (AvgIpc) is 2.61. The van der Waals surface area contributed by atoms with Crippen molar-refractivity contribution < 1.29 is 4.74 Å². The predicted octanol–water partition coefficient (Wildman–Crippen LogP) is 2.66. The SMILES string of the molecule is CC(C)CCOCCN1CCNCc2ccccc21. The summed E-state index contributed by atoms with van der Waals surface area (Å²) in [6.07, 6.45) is 1.15. The first kappa shape index (κ1) is 14.4. The molecule has 106 valence electrons. The summed E-state index contributed by atoms with van der Waals surface area (Å²) in [4.78, 5) is 2.44. The van der Waals surface area contributed by atoms with E-state index in [2.05, 4.69) is 48.3 Å². The van der Waals surface area contributed by atoms with Crippen LogP contribution in [-0.2, 0) is 11.3 Å². The zero-order valence-corrected chi connectivity index (χ0v) is 12.2. The molecule has 3 heteroatoms. The van der Waals surface area contributed by atoms with E-state index in [0.717, 1.165) is 51.7 Å². The molecule has 0 atom stereocenters. The maximum atomic E-state index is 5.74. The molecule has 1 aromatic rings. The number of para-hydroxylation sites is 1. The second-order valence-electron chi connectivity index (χ2n) is 5.59. The lowest BCUT2D eigenvalue weighted by Gasteiger charge is -2.24. The summed E-state index contributed by atoms with van der Waals surface area (Å²) in [6, 6.07) is 8.66. The number of benzene rings is 1. The van der Waals surface area contributed by atoms with Gasteiger partial charge in [0.2, 0.25) is 0 Å². The summed E-state index contributed by atoms with van der Waals surface area (Å²) in [7, 11) is 0. The van der Waals surface area contributed by atoms with Crippen molar-refractivity contribution in [1.82, 2.24) is 5.32 Å². The monoisotopic (exact) mass is 262 g/mol. The Hall–Kier alpha value is -1.06. The summed E-state index contributed by atoms with van der Waals surface area (Å²) in [5.74, 6) is 0.725. The molecule has 1 heterocycles. The van der Waals surface area contributed by atoms with Crippen LogP contribution in [-0.4, -0.2) is 32.8 Å². The molecule has 1 aromatic carbocycles. The molecule has 0 aliphatic carbocycles. The van der Waals surface area contributed by atoms with Crippen LogP contribution < -0.4 is 10.2 Å². The van der Waals surface area contributed by atoms with Gasteiger partial charge < -0.3 is 15.0 Å². The highest BCUT2D eigenvalue weighted by Crippen LogP contribution is 2.21. The lowest BCUT2D eigenvalue weighted by Crippen LogP contribution is -2.31. The average molecular weight is 262 g/mol.